The summed E-state index contributed by atoms with van der Waals surface area (Å²) in [4.78, 5) is 18.8. The van der Waals surface area contributed by atoms with Crippen LogP contribution in [0.25, 0.3) is 0 Å². The average molecular weight is 407 g/mol. The summed E-state index contributed by atoms with van der Waals surface area (Å²) in [5.74, 6) is 0.227. The van der Waals surface area contributed by atoms with Gasteiger partial charge in [0, 0.05) is 42.1 Å². The Morgan fingerprint density at radius 2 is 1.79 bits per heavy atom. The van der Waals surface area contributed by atoms with E-state index >= 15 is 0 Å². The molecule has 0 aliphatic carbocycles. The average Bonchev–Trinajstić information content (AvgIpc) is 3.00. The monoisotopic (exact) mass is 406 g/mol. The number of piperazine rings is 1. The molecule has 0 atom stereocenters. The maximum Gasteiger partial charge on any atom is 0.232 e. The van der Waals surface area contributed by atoms with E-state index in [1.165, 1.54) is 9.35 Å². The van der Waals surface area contributed by atoms with E-state index in [0.29, 0.717) is 0 Å². The predicted octanol–water partition coefficient (Wildman–Crippen LogP) is 4.13. The number of benzene rings is 1. The molecule has 0 spiro atoms. The summed E-state index contributed by atoms with van der Waals surface area (Å²) in [5.41, 5.74) is 0.611. The molecular weight excluding hydrogens is 384 g/mol. The Morgan fingerprint density at radius 3 is 2.38 bits per heavy atom. The van der Waals surface area contributed by atoms with Crippen molar-refractivity contribution < 1.29 is 4.79 Å². The van der Waals surface area contributed by atoms with Gasteiger partial charge in [-0.2, -0.15) is 0 Å². The minimum absolute atomic E-state index is 0.227. The molecule has 3 nitrogen and oxygen atoms in total. The zero-order valence-corrected chi connectivity index (χ0v) is 16.6. The number of halogens is 1. The molecule has 2 heterocycles. The molecule has 0 bridgehead atoms. The second kappa shape index (κ2) is 7.38. The van der Waals surface area contributed by atoms with Gasteiger partial charge in [-0.1, -0.05) is 30.3 Å². The topological polar surface area (TPSA) is 23.6 Å². The van der Waals surface area contributed by atoms with Crippen molar-refractivity contribution in [2.75, 3.05) is 26.2 Å². The van der Waals surface area contributed by atoms with Crippen molar-refractivity contribution in [1.29, 1.82) is 0 Å². The third-order valence-corrected chi connectivity index (χ3v) is 6.66. The van der Waals surface area contributed by atoms with Crippen LogP contribution in [0, 0.1) is 0 Å². The summed E-state index contributed by atoms with van der Waals surface area (Å²) in [6.07, 6.45) is 0. The molecule has 0 radical (unpaired) electrons. The molecule has 128 valence electrons. The largest absolute Gasteiger partial charge is 0.339 e. The van der Waals surface area contributed by atoms with E-state index in [9.17, 15) is 4.79 Å². The van der Waals surface area contributed by atoms with Crippen molar-refractivity contribution in [3.8, 4) is 0 Å². The number of hydrogen-bond acceptors (Lipinski definition) is 3. The number of amides is 1. The van der Waals surface area contributed by atoms with Crippen LogP contribution in [0.15, 0.2) is 46.3 Å². The zero-order chi connectivity index (χ0) is 17.2. The zero-order valence-electron chi connectivity index (χ0n) is 14.2. The standard InChI is InChI=1S/C19H23BrN2OS/c1-19(2,15-6-4-3-5-7-15)18(23)22-11-9-21(10-12-22)14-17-16(20)8-13-24-17/h3-8,13H,9-12,14H2,1-2H3. The Balaban J connectivity index is 1.60. The van der Waals surface area contributed by atoms with E-state index in [2.05, 4.69) is 32.3 Å². The molecule has 1 saturated heterocycles. The van der Waals surface area contributed by atoms with E-state index in [0.717, 1.165) is 38.3 Å². The summed E-state index contributed by atoms with van der Waals surface area (Å²) in [7, 11) is 0. The molecule has 0 unspecified atom stereocenters. The van der Waals surface area contributed by atoms with Crippen molar-refractivity contribution in [2.24, 2.45) is 0 Å². The molecule has 1 aromatic carbocycles. The second-order valence-electron chi connectivity index (χ2n) is 6.75. The maximum atomic E-state index is 13.0. The summed E-state index contributed by atoms with van der Waals surface area (Å²) in [6, 6.07) is 12.2. The summed E-state index contributed by atoms with van der Waals surface area (Å²) < 4.78 is 1.19. The van der Waals surface area contributed by atoms with Crippen LogP contribution in [0.1, 0.15) is 24.3 Å². The van der Waals surface area contributed by atoms with E-state index in [1.807, 2.05) is 49.1 Å². The number of carbonyl (C=O) groups is 1. The Kier molecular flexibility index (Phi) is 5.42. The van der Waals surface area contributed by atoms with Crippen LogP contribution in [0.4, 0.5) is 0 Å². The molecule has 5 heteroatoms. The molecule has 0 saturated carbocycles. The normalized spacial score (nSPS) is 16.4. The Bertz CT molecular complexity index is 690. The summed E-state index contributed by atoms with van der Waals surface area (Å²) in [6.45, 7) is 8.49. The fourth-order valence-electron chi connectivity index (χ4n) is 3.12. The van der Waals surface area contributed by atoms with Crippen LogP contribution >= 0.6 is 27.3 Å². The molecule has 1 aromatic heterocycles. The van der Waals surface area contributed by atoms with Crippen LogP contribution in [0.2, 0.25) is 0 Å². The van der Waals surface area contributed by atoms with Crippen molar-refractivity contribution in [2.45, 2.75) is 25.8 Å². The molecule has 0 N–H and O–H groups in total. The lowest BCUT2D eigenvalue weighted by Crippen LogP contribution is -2.52. The Hall–Kier alpha value is -1.17. The van der Waals surface area contributed by atoms with Crippen molar-refractivity contribution >= 4 is 33.2 Å². The molecule has 1 aliphatic rings. The minimum Gasteiger partial charge on any atom is -0.339 e. The van der Waals surface area contributed by atoms with Gasteiger partial charge in [0.15, 0.2) is 0 Å². The van der Waals surface area contributed by atoms with Crippen LogP contribution in [0.5, 0.6) is 0 Å². The number of nitrogens with zero attached hydrogens (tertiary/aromatic N) is 2. The highest BCUT2D eigenvalue weighted by Gasteiger charge is 2.35. The SMILES string of the molecule is CC(C)(C(=O)N1CCN(Cc2sccc2Br)CC1)c1ccccc1. The summed E-state index contributed by atoms with van der Waals surface area (Å²) >= 11 is 5.38. The van der Waals surface area contributed by atoms with Gasteiger partial charge >= 0.3 is 0 Å². The lowest BCUT2D eigenvalue weighted by atomic mass is 9.83. The molecule has 2 aromatic rings. The van der Waals surface area contributed by atoms with Gasteiger partial charge in [0.05, 0.1) is 5.41 Å². The first kappa shape index (κ1) is 17.6. The Morgan fingerprint density at radius 1 is 1.12 bits per heavy atom. The Labute approximate surface area is 156 Å². The highest BCUT2D eigenvalue weighted by molar-refractivity contribution is 9.10. The number of rotatable bonds is 4. The molecule has 1 amide bonds. The molecule has 1 fully saturated rings. The van der Waals surface area contributed by atoms with E-state index in [-0.39, 0.29) is 5.91 Å². The highest BCUT2D eigenvalue weighted by atomic mass is 79.9. The van der Waals surface area contributed by atoms with E-state index in [1.54, 1.807) is 11.3 Å². The first-order chi connectivity index (χ1) is 11.5. The smallest absolute Gasteiger partial charge is 0.232 e. The van der Waals surface area contributed by atoms with Gasteiger partial charge in [0.1, 0.15) is 0 Å². The van der Waals surface area contributed by atoms with Gasteiger partial charge in [0.25, 0.3) is 0 Å². The third kappa shape index (κ3) is 3.73. The van der Waals surface area contributed by atoms with Crippen molar-refractivity contribution in [3.63, 3.8) is 0 Å². The minimum atomic E-state index is -0.472. The van der Waals surface area contributed by atoms with Gasteiger partial charge in [-0.3, -0.25) is 9.69 Å². The van der Waals surface area contributed by atoms with E-state index < -0.39 is 5.41 Å². The third-order valence-electron chi connectivity index (χ3n) is 4.75. The van der Waals surface area contributed by atoms with Crippen LogP contribution < -0.4 is 0 Å². The molecule has 1 aliphatic heterocycles. The van der Waals surface area contributed by atoms with Crippen LogP contribution in [0.3, 0.4) is 0 Å². The quantitative estimate of drug-likeness (QED) is 0.761. The van der Waals surface area contributed by atoms with Crippen molar-refractivity contribution in [1.82, 2.24) is 9.80 Å². The molecule has 24 heavy (non-hydrogen) atoms. The van der Waals surface area contributed by atoms with E-state index in [4.69, 9.17) is 0 Å². The van der Waals surface area contributed by atoms with Gasteiger partial charge in [0.2, 0.25) is 5.91 Å². The lowest BCUT2D eigenvalue weighted by Gasteiger charge is -2.38. The van der Waals surface area contributed by atoms with Gasteiger partial charge in [-0.25, -0.2) is 0 Å². The fraction of sp³-hybridized carbons (Fsp3) is 0.421. The highest BCUT2D eigenvalue weighted by Crippen LogP contribution is 2.27. The maximum absolute atomic E-state index is 13.0. The van der Waals surface area contributed by atoms with Gasteiger partial charge < -0.3 is 4.90 Å². The van der Waals surface area contributed by atoms with Gasteiger partial charge in [-0.15, -0.1) is 11.3 Å². The van der Waals surface area contributed by atoms with Crippen LogP contribution in [-0.4, -0.2) is 41.9 Å². The summed E-state index contributed by atoms with van der Waals surface area (Å²) in [5, 5.41) is 2.11. The molecular formula is C19H23BrN2OS. The first-order valence-corrected chi connectivity index (χ1v) is 9.95. The fourth-order valence-corrected chi connectivity index (χ4v) is 4.64. The number of carbonyl (C=O) groups excluding carboxylic acids is 1. The predicted molar refractivity (Wildman–Crippen MR) is 103 cm³/mol. The number of thiophene rings is 1. The van der Waals surface area contributed by atoms with Crippen LogP contribution in [-0.2, 0) is 16.8 Å². The number of hydrogen-bond donors (Lipinski definition) is 0. The molecule has 3 rings (SSSR count). The van der Waals surface area contributed by atoms with Crippen molar-refractivity contribution in [3.05, 3.63) is 56.7 Å². The van der Waals surface area contributed by atoms with Gasteiger partial charge in [-0.05, 0) is 46.8 Å². The first-order valence-electron chi connectivity index (χ1n) is 8.27. The second-order valence-corrected chi connectivity index (χ2v) is 8.61. The lowest BCUT2D eigenvalue weighted by molar-refractivity contribution is -0.138.